The van der Waals surface area contributed by atoms with Crippen LogP contribution in [0.1, 0.15) is 25.7 Å². The van der Waals surface area contributed by atoms with E-state index in [4.69, 9.17) is 5.73 Å². The topological polar surface area (TPSA) is 55.9 Å². The summed E-state index contributed by atoms with van der Waals surface area (Å²) in [7, 11) is 1.89. The van der Waals surface area contributed by atoms with Gasteiger partial charge >= 0.3 is 0 Å². The zero-order valence-corrected chi connectivity index (χ0v) is 8.66. The van der Waals surface area contributed by atoms with Gasteiger partial charge < -0.3 is 11.1 Å². The lowest BCUT2D eigenvalue weighted by Gasteiger charge is -2.09. The molecule has 0 aliphatic heterocycles. The largest absolute Gasteiger partial charge is 0.394 e. The van der Waals surface area contributed by atoms with Gasteiger partial charge in [-0.3, -0.25) is 4.68 Å². The fourth-order valence-corrected chi connectivity index (χ4v) is 2.10. The van der Waals surface area contributed by atoms with Gasteiger partial charge in [0.1, 0.15) is 0 Å². The molecule has 0 spiro atoms. The van der Waals surface area contributed by atoms with Crippen molar-refractivity contribution in [1.29, 1.82) is 0 Å². The van der Waals surface area contributed by atoms with Gasteiger partial charge in [0.2, 0.25) is 0 Å². The molecule has 0 unspecified atom stereocenters. The van der Waals surface area contributed by atoms with Gasteiger partial charge in [0.25, 0.3) is 0 Å². The van der Waals surface area contributed by atoms with Gasteiger partial charge in [-0.25, -0.2) is 0 Å². The van der Waals surface area contributed by atoms with E-state index in [1.165, 1.54) is 25.7 Å². The van der Waals surface area contributed by atoms with Gasteiger partial charge in [-0.2, -0.15) is 5.10 Å². The second-order valence-electron chi connectivity index (χ2n) is 4.14. The Bertz CT molecular complexity index is 299. The second-order valence-corrected chi connectivity index (χ2v) is 4.14. The molecule has 0 atom stereocenters. The Kier molecular flexibility index (Phi) is 2.61. The first-order valence-corrected chi connectivity index (χ1v) is 5.28. The number of hydrogen-bond acceptors (Lipinski definition) is 3. The average Bonchev–Trinajstić information content (AvgIpc) is 2.72. The first kappa shape index (κ1) is 9.37. The van der Waals surface area contributed by atoms with Crippen LogP contribution in [0.25, 0.3) is 0 Å². The lowest BCUT2D eigenvalue weighted by Crippen LogP contribution is -2.12. The van der Waals surface area contributed by atoms with Crippen molar-refractivity contribution in [2.24, 2.45) is 13.0 Å². The monoisotopic (exact) mass is 194 g/mol. The second kappa shape index (κ2) is 3.90. The van der Waals surface area contributed by atoms with Crippen molar-refractivity contribution >= 4 is 11.5 Å². The molecule has 4 nitrogen and oxygen atoms in total. The zero-order chi connectivity index (χ0) is 9.97. The van der Waals surface area contributed by atoms with E-state index in [9.17, 15) is 0 Å². The average molecular weight is 194 g/mol. The Balaban J connectivity index is 1.87. The molecule has 1 aromatic heterocycles. The van der Waals surface area contributed by atoms with Crippen LogP contribution in [0.15, 0.2) is 6.20 Å². The Morgan fingerprint density at radius 1 is 1.57 bits per heavy atom. The van der Waals surface area contributed by atoms with E-state index in [1.54, 1.807) is 4.68 Å². The van der Waals surface area contributed by atoms with Crippen LogP contribution in [0.4, 0.5) is 11.5 Å². The van der Waals surface area contributed by atoms with E-state index in [1.807, 2.05) is 13.2 Å². The van der Waals surface area contributed by atoms with Crippen LogP contribution in [-0.4, -0.2) is 16.3 Å². The Labute approximate surface area is 84.5 Å². The minimum Gasteiger partial charge on any atom is -0.394 e. The van der Waals surface area contributed by atoms with Crippen LogP contribution in [0.3, 0.4) is 0 Å². The third-order valence-electron chi connectivity index (χ3n) is 2.89. The van der Waals surface area contributed by atoms with E-state index in [0.717, 1.165) is 24.0 Å². The van der Waals surface area contributed by atoms with Gasteiger partial charge in [-0.05, 0) is 18.8 Å². The molecule has 1 aliphatic carbocycles. The molecule has 1 saturated carbocycles. The molecule has 0 bridgehead atoms. The minimum atomic E-state index is 0.741. The lowest BCUT2D eigenvalue weighted by atomic mass is 10.1. The van der Waals surface area contributed by atoms with Crippen LogP contribution in [0, 0.1) is 5.92 Å². The molecule has 0 aromatic carbocycles. The highest BCUT2D eigenvalue weighted by atomic mass is 15.3. The predicted octanol–water partition coefficient (Wildman–Crippen LogP) is 1.60. The molecular formula is C10H18N4. The molecule has 2 rings (SSSR count). The first-order valence-electron chi connectivity index (χ1n) is 5.28. The SMILES string of the molecule is Cn1cc(N)c(NCC2CCCC2)n1. The molecule has 0 saturated heterocycles. The summed E-state index contributed by atoms with van der Waals surface area (Å²) < 4.78 is 1.74. The minimum absolute atomic E-state index is 0.741. The molecule has 78 valence electrons. The number of nitrogen functional groups attached to an aromatic ring is 1. The van der Waals surface area contributed by atoms with Crippen molar-refractivity contribution in [2.45, 2.75) is 25.7 Å². The number of nitrogens with one attached hydrogen (secondary N) is 1. The van der Waals surface area contributed by atoms with E-state index in [2.05, 4.69) is 10.4 Å². The maximum atomic E-state index is 5.78. The van der Waals surface area contributed by atoms with Crippen LogP contribution in [0.2, 0.25) is 0 Å². The van der Waals surface area contributed by atoms with Crippen molar-refractivity contribution in [3.63, 3.8) is 0 Å². The van der Waals surface area contributed by atoms with Crippen molar-refractivity contribution in [1.82, 2.24) is 9.78 Å². The molecule has 0 radical (unpaired) electrons. The number of aromatic nitrogens is 2. The van der Waals surface area contributed by atoms with Gasteiger partial charge in [-0.15, -0.1) is 0 Å². The Morgan fingerprint density at radius 3 is 2.86 bits per heavy atom. The maximum Gasteiger partial charge on any atom is 0.171 e. The highest BCUT2D eigenvalue weighted by Gasteiger charge is 2.15. The summed E-state index contributed by atoms with van der Waals surface area (Å²) in [5.41, 5.74) is 6.52. The molecule has 1 heterocycles. The van der Waals surface area contributed by atoms with Crippen LogP contribution in [0.5, 0.6) is 0 Å². The number of anilines is 2. The molecular weight excluding hydrogens is 176 g/mol. The summed E-state index contributed by atoms with van der Waals surface area (Å²) in [5, 5.41) is 7.57. The van der Waals surface area contributed by atoms with Crippen molar-refractivity contribution in [2.75, 3.05) is 17.6 Å². The molecule has 1 fully saturated rings. The fourth-order valence-electron chi connectivity index (χ4n) is 2.10. The lowest BCUT2D eigenvalue weighted by molar-refractivity contribution is 0.578. The smallest absolute Gasteiger partial charge is 0.171 e. The first-order chi connectivity index (χ1) is 6.75. The van der Waals surface area contributed by atoms with Gasteiger partial charge in [0.15, 0.2) is 5.82 Å². The number of hydrogen-bond donors (Lipinski definition) is 2. The van der Waals surface area contributed by atoms with Crippen molar-refractivity contribution in [3.05, 3.63) is 6.20 Å². The fraction of sp³-hybridized carbons (Fsp3) is 0.700. The molecule has 14 heavy (non-hydrogen) atoms. The van der Waals surface area contributed by atoms with Gasteiger partial charge in [0, 0.05) is 19.8 Å². The standard InChI is InChI=1S/C10H18N4/c1-14-7-9(11)10(13-14)12-6-8-4-2-3-5-8/h7-8H,2-6,11H2,1H3,(H,12,13). The quantitative estimate of drug-likeness (QED) is 0.768. The third kappa shape index (κ3) is 2.00. The van der Waals surface area contributed by atoms with Crippen LogP contribution >= 0.6 is 0 Å². The molecule has 4 heteroatoms. The van der Waals surface area contributed by atoms with E-state index in [0.29, 0.717) is 0 Å². The van der Waals surface area contributed by atoms with Crippen LogP contribution < -0.4 is 11.1 Å². The van der Waals surface area contributed by atoms with E-state index < -0.39 is 0 Å². The third-order valence-corrected chi connectivity index (χ3v) is 2.89. The highest BCUT2D eigenvalue weighted by Crippen LogP contribution is 2.25. The van der Waals surface area contributed by atoms with Crippen molar-refractivity contribution in [3.8, 4) is 0 Å². The van der Waals surface area contributed by atoms with E-state index in [-0.39, 0.29) is 0 Å². The van der Waals surface area contributed by atoms with Gasteiger partial charge in [-0.1, -0.05) is 12.8 Å². The van der Waals surface area contributed by atoms with Crippen molar-refractivity contribution < 1.29 is 0 Å². The zero-order valence-electron chi connectivity index (χ0n) is 8.66. The Hall–Kier alpha value is -1.19. The molecule has 1 aliphatic rings. The normalized spacial score (nSPS) is 17.5. The number of rotatable bonds is 3. The molecule has 3 N–H and O–H groups in total. The summed E-state index contributed by atoms with van der Waals surface area (Å²) in [6, 6.07) is 0. The highest BCUT2D eigenvalue weighted by molar-refractivity contribution is 5.59. The summed E-state index contributed by atoms with van der Waals surface area (Å²) in [4.78, 5) is 0. The number of aryl methyl sites for hydroxylation is 1. The molecule has 1 aromatic rings. The maximum absolute atomic E-state index is 5.78. The summed E-state index contributed by atoms with van der Waals surface area (Å²) in [5.74, 6) is 1.65. The Morgan fingerprint density at radius 2 is 2.29 bits per heavy atom. The number of nitrogens with zero attached hydrogens (tertiary/aromatic N) is 2. The summed E-state index contributed by atoms with van der Waals surface area (Å²) in [6.45, 7) is 1.02. The summed E-state index contributed by atoms with van der Waals surface area (Å²) in [6.07, 6.45) is 7.28. The van der Waals surface area contributed by atoms with Gasteiger partial charge in [0.05, 0.1) is 5.69 Å². The van der Waals surface area contributed by atoms with E-state index >= 15 is 0 Å². The molecule has 0 amide bonds. The van der Waals surface area contributed by atoms with Crippen LogP contribution in [-0.2, 0) is 7.05 Å². The predicted molar refractivity (Wildman–Crippen MR) is 58.1 cm³/mol. The summed E-state index contributed by atoms with van der Waals surface area (Å²) >= 11 is 0. The number of nitrogens with two attached hydrogens (primary N) is 1.